The summed E-state index contributed by atoms with van der Waals surface area (Å²) >= 11 is 0. The SMILES string of the molecule is CC(C)(C)c1ccc(-c2cccc3[cH-]c([Si](C)(c4ccccc4)c4cc5c(-c6ccc(C(C)(C)C)cc6)cccc5[cH-]4)cc23)cc1.[CH3-].[CH3-].[Hf+4]. The smallest absolute Gasteiger partial charge is 0.358 e. The van der Waals surface area contributed by atoms with Crippen molar-refractivity contribution in [1.82, 2.24) is 0 Å². The number of hydrogen-bond donors (Lipinski definition) is 0. The Labute approximate surface area is 315 Å². The Bertz CT molecular complexity index is 2010. The molecule has 7 rings (SSSR count). The molecule has 0 unspecified atom stereocenters. The molecule has 0 N–H and O–H groups in total. The van der Waals surface area contributed by atoms with Gasteiger partial charge in [-0.15, -0.1) is 68.3 Å². The van der Waals surface area contributed by atoms with Gasteiger partial charge in [0.25, 0.3) is 0 Å². The molecule has 0 heterocycles. The van der Waals surface area contributed by atoms with Gasteiger partial charge in [0.1, 0.15) is 8.07 Å². The van der Waals surface area contributed by atoms with Crippen molar-refractivity contribution in [3.05, 3.63) is 166 Å². The van der Waals surface area contributed by atoms with Crippen molar-refractivity contribution in [2.24, 2.45) is 0 Å². The first-order chi connectivity index (χ1) is 21.9. The predicted octanol–water partition coefficient (Wildman–Crippen LogP) is 11.4. The van der Waals surface area contributed by atoms with Crippen molar-refractivity contribution in [3.8, 4) is 22.3 Å². The first-order valence-corrected chi connectivity index (χ1v) is 19.1. The van der Waals surface area contributed by atoms with Crippen LogP contribution in [0.2, 0.25) is 6.55 Å². The summed E-state index contributed by atoms with van der Waals surface area (Å²) in [6.45, 7) is 16.2. The van der Waals surface area contributed by atoms with Crippen LogP contribution in [-0.4, -0.2) is 8.07 Å². The standard InChI is InChI=1S/C45H44Si.2CH3.Hf/c1-44(2,3)35-23-19-31(20-24-35)40-17-11-13-33-27-38(29-42(33)40)46(7,37-15-9-8-10-16-37)39-28-34-14-12-18-41(43(34)30-39)32-21-25-36(26-22-32)45(4,5)6;;;/h8-30H,1-7H3;2*1H3;/q-2;2*-1;+4. The summed E-state index contributed by atoms with van der Waals surface area (Å²) in [4.78, 5) is 0. The third-order valence-electron chi connectivity index (χ3n) is 10.1. The molecule has 0 aromatic heterocycles. The molecule has 0 nitrogen and oxygen atoms in total. The number of rotatable bonds is 5. The van der Waals surface area contributed by atoms with Crippen molar-refractivity contribution in [2.75, 3.05) is 0 Å². The van der Waals surface area contributed by atoms with E-state index in [2.05, 4.69) is 188 Å². The molecule has 0 aliphatic carbocycles. The summed E-state index contributed by atoms with van der Waals surface area (Å²) in [7, 11) is -2.36. The van der Waals surface area contributed by atoms with E-state index < -0.39 is 8.07 Å². The average molecular weight is 821 g/mol. The van der Waals surface area contributed by atoms with Crippen LogP contribution in [-0.2, 0) is 36.7 Å². The van der Waals surface area contributed by atoms with Gasteiger partial charge in [0.15, 0.2) is 0 Å². The van der Waals surface area contributed by atoms with E-state index in [1.54, 1.807) is 0 Å². The molecular formula is C47H50HfSi. The van der Waals surface area contributed by atoms with Crippen LogP contribution in [0.1, 0.15) is 52.7 Å². The molecule has 0 bridgehead atoms. The van der Waals surface area contributed by atoms with Gasteiger partial charge in [-0.3, -0.25) is 0 Å². The van der Waals surface area contributed by atoms with Crippen LogP contribution in [0.4, 0.5) is 0 Å². The molecule has 0 atom stereocenters. The predicted molar refractivity (Wildman–Crippen MR) is 217 cm³/mol. The Morgan fingerprint density at radius 2 is 0.857 bits per heavy atom. The Morgan fingerprint density at radius 3 is 1.22 bits per heavy atom. The van der Waals surface area contributed by atoms with Crippen LogP contribution in [0, 0.1) is 14.9 Å². The second-order valence-corrected chi connectivity index (χ2v) is 19.2. The van der Waals surface area contributed by atoms with E-state index in [0.29, 0.717) is 0 Å². The van der Waals surface area contributed by atoms with Crippen molar-refractivity contribution in [1.29, 1.82) is 0 Å². The van der Waals surface area contributed by atoms with Crippen LogP contribution in [0.25, 0.3) is 43.8 Å². The van der Waals surface area contributed by atoms with Crippen molar-refractivity contribution in [3.63, 3.8) is 0 Å². The molecule has 7 aromatic rings. The summed E-state index contributed by atoms with van der Waals surface area (Å²) in [6, 6.07) is 53.2. The molecular weight excluding hydrogens is 771 g/mol. The maximum absolute atomic E-state index is 2.54. The van der Waals surface area contributed by atoms with Gasteiger partial charge >= 0.3 is 25.8 Å². The minimum atomic E-state index is -2.36. The molecule has 246 valence electrons. The Hall–Kier alpha value is -3.59. The second kappa shape index (κ2) is 14.3. The minimum Gasteiger partial charge on any atom is -0.358 e. The van der Waals surface area contributed by atoms with Gasteiger partial charge in [-0.2, -0.15) is 12.1 Å². The van der Waals surface area contributed by atoms with E-state index in [1.807, 2.05) is 0 Å². The van der Waals surface area contributed by atoms with E-state index in [-0.39, 0.29) is 51.5 Å². The number of hydrogen-bond acceptors (Lipinski definition) is 0. The van der Waals surface area contributed by atoms with Crippen LogP contribution in [0.5, 0.6) is 0 Å². The van der Waals surface area contributed by atoms with Gasteiger partial charge in [-0.25, -0.2) is 0 Å². The summed E-state index contributed by atoms with van der Waals surface area (Å²) in [5, 5.41) is 9.67. The zero-order chi connectivity index (χ0) is 32.3. The fourth-order valence-corrected chi connectivity index (χ4v) is 10.7. The Morgan fingerprint density at radius 1 is 0.469 bits per heavy atom. The van der Waals surface area contributed by atoms with Gasteiger partial charge in [0.2, 0.25) is 0 Å². The quantitative estimate of drug-likeness (QED) is 0.120. The van der Waals surface area contributed by atoms with Crippen molar-refractivity contribution >= 4 is 45.2 Å². The molecule has 0 radical (unpaired) electrons. The van der Waals surface area contributed by atoms with E-state index in [4.69, 9.17) is 0 Å². The Balaban J connectivity index is 0.00000180. The number of benzene rings is 5. The van der Waals surface area contributed by atoms with Crippen LogP contribution >= 0.6 is 0 Å². The summed E-state index contributed by atoms with van der Waals surface area (Å²) < 4.78 is 0. The molecule has 0 aliphatic rings. The summed E-state index contributed by atoms with van der Waals surface area (Å²) in [5.74, 6) is 0. The van der Waals surface area contributed by atoms with Gasteiger partial charge in [0, 0.05) is 0 Å². The molecule has 7 aromatic carbocycles. The normalized spacial score (nSPS) is 11.9. The van der Waals surface area contributed by atoms with E-state index in [1.165, 1.54) is 70.5 Å². The second-order valence-electron chi connectivity index (χ2n) is 15.3. The van der Waals surface area contributed by atoms with Crippen LogP contribution in [0.3, 0.4) is 0 Å². The fourth-order valence-electron chi connectivity index (χ4n) is 7.12. The maximum atomic E-state index is 2.54. The first-order valence-electron chi connectivity index (χ1n) is 16.6. The molecule has 49 heavy (non-hydrogen) atoms. The zero-order valence-electron chi connectivity index (χ0n) is 30.8. The summed E-state index contributed by atoms with van der Waals surface area (Å²) in [5.41, 5.74) is 8.18. The van der Waals surface area contributed by atoms with E-state index >= 15 is 0 Å². The number of fused-ring (bicyclic) bond motifs is 2. The van der Waals surface area contributed by atoms with Gasteiger partial charge in [-0.05, 0) is 33.1 Å². The molecule has 0 saturated heterocycles. The molecule has 0 aliphatic heterocycles. The minimum absolute atomic E-state index is 0. The molecule has 0 fully saturated rings. The molecule has 0 spiro atoms. The van der Waals surface area contributed by atoms with Crippen molar-refractivity contribution < 1.29 is 25.8 Å². The topological polar surface area (TPSA) is 0 Å². The summed E-state index contributed by atoms with van der Waals surface area (Å²) in [6.07, 6.45) is 0. The zero-order valence-corrected chi connectivity index (χ0v) is 35.4. The Kier molecular flexibility index (Phi) is 11.2. The average Bonchev–Trinajstić information content (AvgIpc) is 3.70. The van der Waals surface area contributed by atoms with Gasteiger partial charge < -0.3 is 14.9 Å². The largest absolute Gasteiger partial charge is 4.00 e. The maximum Gasteiger partial charge on any atom is 4.00 e. The first kappa shape index (κ1) is 38.2. The van der Waals surface area contributed by atoms with E-state index in [0.717, 1.165) is 0 Å². The molecule has 0 amide bonds. The molecule has 2 heteroatoms. The fraction of sp³-hybridized carbons (Fsp3) is 0.191. The van der Waals surface area contributed by atoms with Crippen LogP contribution < -0.4 is 15.6 Å². The van der Waals surface area contributed by atoms with Gasteiger partial charge in [0.05, 0.1) is 0 Å². The molecule has 0 saturated carbocycles. The van der Waals surface area contributed by atoms with E-state index in [9.17, 15) is 0 Å². The third kappa shape index (κ3) is 7.05. The monoisotopic (exact) mass is 822 g/mol. The van der Waals surface area contributed by atoms with Crippen molar-refractivity contribution in [2.45, 2.75) is 58.9 Å². The van der Waals surface area contributed by atoms with Gasteiger partial charge in [-0.1, -0.05) is 155 Å². The van der Waals surface area contributed by atoms with Crippen LogP contribution in [0.15, 0.2) is 140 Å². The third-order valence-corrected chi connectivity index (χ3v) is 14.5.